The summed E-state index contributed by atoms with van der Waals surface area (Å²) in [5, 5.41) is 5.15. The molecule has 4 N–H and O–H groups in total. The van der Waals surface area contributed by atoms with Crippen LogP contribution in [0.1, 0.15) is 6.92 Å². The molecule has 0 aliphatic carbocycles. The number of ether oxygens (including phenoxy) is 1. The Balaban J connectivity index is 2.10. The quantitative estimate of drug-likeness (QED) is 0.553. The predicted molar refractivity (Wildman–Crippen MR) is 99.1 cm³/mol. The largest absolute Gasteiger partial charge is 0.450 e. The van der Waals surface area contributed by atoms with E-state index in [9.17, 15) is 13.2 Å². The van der Waals surface area contributed by atoms with E-state index in [2.05, 4.69) is 10.6 Å². The van der Waals surface area contributed by atoms with Crippen LogP contribution in [0.25, 0.3) is 0 Å². The fourth-order valence-corrected chi connectivity index (χ4v) is 3.38. The standard InChI is InChI=1S/C16H17N3O4S2/c1-2-23-16(20)19-15(24)18-12-5-9-14(10-6-12)25(21,22)13-7-3-11(17)4-8-13/h3-10H,2,17H2,1H3,(H2,18,19,20,24). The first-order valence-electron chi connectivity index (χ1n) is 7.28. The molecule has 0 heterocycles. The molecule has 0 atom stereocenters. The van der Waals surface area contributed by atoms with Crippen LogP contribution in [0.15, 0.2) is 58.3 Å². The maximum Gasteiger partial charge on any atom is 0.413 e. The Bertz CT molecular complexity index is 863. The van der Waals surface area contributed by atoms with Gasteiger partial charge in [-0.15, -0.1) is 0 Å². The van der Waals surface area contributed by atoms with Crippen LogP contribution in [0.2, 0.25) is 0 Å². The Labute approximate surface area is 151 Å². The molecule has 0 bridgehead atoms. The molecule has 0 aliphatic heterocycles. The first-order chi connectivity index (χ1) is 11.8. The third-order valence-electron chi connectivity index (χ3n) is 3.10. The van der Waals surface area contributed by atoms with Gasteiger partial charge in [0.25, 0.3) is 0 Å². The maximum atomic E-state index is 12.5. The van der Waals surface area contributed by atoms with Gasteiger partial charge >= 0.3 is 6.09 Å². The number of alkyl carbamates (subject to hydrolysis) is 1. The number of sulfone groups is 1. The van der Waals surface area contributed by atoms with Crippen molar-refractivity contribution in [3.05, 3.63) is 48.5 Å². The Morgan fingerprint density at radius 2 is 1.60 bits per heavy atom. The van der Waals surface area contributed by atoms with Gasteiger partial charge in [0.15, 0.2) is 5.11 Å². The molecule has 25 heavy (non-hydrogen) atoms. The number of amides is 1. The first-order valence-corrected chi connectivity index (χ1v) is 9.17. The Morgan fingerprint density at radius 1 is 1.08 bits per heavy atom. The SMILES string of the molecule is CCOC(=O)NC(=S)Nc1ccc(S(=O)(=O)c2ccc(N)cc2)cc1. The number of benzene rings is 2. The molecule has 9 heteroatoms. The maximum absolute atomic E-state index is 12.5. The van der Waals surface area contributed by atoms with Crippen LogP contribution in [-0.4, -0.2) is 26.2 Å². The van der Waals surface area contributed by atoms with E-state index < -0.39 is 15.9 Å². The lowest BCUT2D eigenvalue weighted by molar-refractivity contribution is 0.158. The number of hydrogen-bond acceptors (Lipinski definition) is 6. The van der Waals surface area contributed by atoms with E-state index in [1.807, 2.05) is 0 Å². The Hall–Kier alpha value is -2.65. The molecular weight excluding hydrogens is 362 g/mol. The molecule has 0 fully saturated rings. The summed E-state index contributed by atoms with van der Waals surface area (Å²) in [7, 11) is -3.63. The molecule has 0 unspecified atom stereocenters. The number of nitrogen functional groups attached to an aromatic ring is 1. The van der Waals surface area contributed by atoms with Crippen molar-refractivity contribution in [3.63, 3.8) is 0 Å². The van der Waals surface area contributed by atoms with Gasteiger partial charge in [-0.1, -0.05) is 0 Å². The molecule has 2 aromatic rings. The molecule has 0 saturated heterocycles. The summed E-state index contributed by atoms with van der Waals surface area (Å²) in [4.78, 5) is 11.5. The van der Waals surface area contributed by atoms with E-state index in [0.717, 1.165) is 0 Å². The van der Waals surface area contributed by atoms with Crippen LogP contribution in [0.3, 0.4) is 0 Å². The molecule has 0 radical (unpaired) electrons. The highest BCUT2D eigenvalue weighted by Gasteiger charge is 2.17. The average Bonchev–Trinajstić information content (AvgIpc) is 2.55. The highest BCUT2D eigenvalue weighted by Crippen LogP contribution is 2.23. The lowest BCUT2D eigenvalue weighted by atomic mass is 10.3. The van der Waals surface area contributed by atoms with Crippen LogP contribution in [0.5, 0.6) is 0 Å². The van der Waals surface area contributed by atoms with Crippen molar-refractivity contribution in [2.24, 2.45) is 0 Å². The van der Waals surface area contributed by atoms with Gasteiger partial charge in [0.1, 0.15) is 0 Å². The second-order valence-electron chi connectivity index (χ2n) is 4.90. The van der Waals surface area contributed by atoms with Crippen LogP contribution in [0, 0.1) is 0 Å². The minimum Gasteiger partial charge on any atom is -0.450 e. The van der Waals surface area contributed by atoms with Crippen molar-refractivity contribution in [2.75, 3.05) is 17.7 Å². The summed E-state index contributed by atoms with van der Waals surface area (Å²) in [5.41, 5.74) is 6.59. The second kappa shape index (κ2) is 7.95. The number of carbonyl (C=O) groups excluding carboxylic acids is 1. The zero-order valence-electron chi connectivity index (χ0n) is 13.4. The fourth-order valence-electron chi connectivity index (χ4n) is 1.92. The van der Waals surface area contributed by atoms with Crippen LogP contribution in [-0.2, 0) is 14.6 Å². The molecule has 7 nitrogen and oxygen atoms in total. The van der Waals surface area contributed by atoms with Crippen LogP contribution in [0.4, 0.5) is 16.2 Å². The number of hydrogen-bond donors (Lipinski definition) is 3. The molecule has 1 amide bonds. The summed E-state index contributed by atoms with van der Waals surface area (Å²) >= 11 is 4.97. The van der Waals surface area contributed by atoms with Gasteiger partial charge < -0.3 is 15.8 Å². The van der Waals surface area contributed by atoms with Gasteiger partial charge in [0.2, 0.25) is 9.84 Å². The topological polar surface area (TPSA) is 111 Å². The van der Waals surface area contributed by atoms with E-state index in [-0.39, 0.29) is 21.5 Å². The average molecular weight is 379 g/mol. The smallest absolute Gasteiger partial charge is 0.413 e. The van der Waals surface area contributed by atoms with Gasteiger partial charge in [-0.05, 0) is 67.7 Å². The normalized spacial score (nSPS) is 10.8. The Morgan fingerprint density at radius 3 is 2.12 bits per heavy atom. The number of nitrogens with two attached hydrogens (primary N) is 1. The van der Waals surface area contributed by atoms with Gasteiger partial charge in [-0.2, -0.15) is 0 Å². The van der Waals surface area contributed by atoms with E-state index in [4.69, 9.17) is 22.7 Å². The minimum absolute atomic E-state index is 0.0487. The van der Waals surface area contributed by atoms with Crippen molar-refractivity contribution in [1.29, 1.82) is 0 Å². The van der Waals surface area contributed by atoms with Crippen molar-refractivity contribution in [2.45, 2.75) is 16.7 Å². The third-order valence-corrected chi connectivity index (χ3v) is 5.09. The van der Waals surface area contributed by atoms with E-state index in [1.54, 1.807) is 19.1 Å². The summed E-state index contributed by atoms with van der Waals surface area (Å²) < 4.78 is 29.8. The second-order valence-corrected chi connectivity index (χ2v) is 7.25. The van der Waals surface area contributed by atoms with E-state index in [0.29, 0.717) is 11.4 Å². The molecule has 0 saturated carbocycles. The summed E-state index contributed by atoms with van der Waals surface area (Å²) in [6.45, 7) is 1.91. The first kappa shape index (κ1) is 18.7. The summed E-state index contributed by atoms with van der Waals surface area (Å²) in [6.07, 6.45) is -0.664. The molecule has 0 spiro atoms. The number of thiocarbonyl (C=S) groups is 1. The third kappa shape index (κ3) is 4.91. The van der Waals surface area contributed by atoms with Crippen LogP contribution < -0.4 is 16.4 Å². The molecule has 132 valence electrons. The number of anilines is 2. The fraction of sp³-hybridized carbons (Fsp3) is 0.125. The number of nitrogens with one attached hydrogen (secondary N) is 2. The lowest BCUT2D eigenvalue weighted by Crippen LogP contribution is -2.34. The lowest BCUT2D eigenvalue weighted by Gasteiger charge is -2.10. The van der Waals surface area contributed by atoms with E-state index in [1.165, 1.54) is 36.4 Å². The van der Waals surface area contributed by atoms with Crippen molar-refractivity contribution in [1.82, 2.24) is 5.32 Å². The number of carbonyl (C=O) groups is 1. The van der Waals surface area contributed by atoms with E-state index >= 15 is 0 Å². The zero-order chi connectivity index (χ0) is 18.4. The number of rotatable bonds is 4. The molecule has 2 aromatic carbocycles. The van der Waals surface area contributed by atoms with Gasteiger partial charge in [-0.25, -0.2) is 13.2 Å². The monoisotopic (exact) mass is 379 g/mol. The minimum atomic E-state index is -3.63. The summed E-state index contributed by atoms with van der Waals surface area (Å²) in [6, 6.07) is 11.9. The van der Waals surface area contributed by atoms with Gasteiger partial charge in [0, 0.05) is 11.4 Å². The van der Waals surface area contributed by atoms with Crippen molar-refractivity contribution in [3.8, 4) is 0 Å². The molecular formula is C16H17N3O4S2. The molecule has 2 rings (SSSR count). The highest BCUT2D eigenvalue weighted by atomic mass is 32.2. The van der Waals surface area contributed by atoms with Gasteiger partial charge in [0.05, 0.1) is 16.4 Å². The zero-order valence-corrected chi connectivity index (χ0v) is 15.0. The van der Waals surface area contributed by atoms with Crippen molar-refractivity contribution >= 4 is 44.6 Å². The molecule has 0 aromatic heterocycles. The highest BCUT2D eigenvalue weighted by molar-refractivity contribution is 7.91. The predicted octanol–water partition coefficient (Wildman–Crippen LogP) is 2.54. The Kier molecular flexibility index (Phi) is 5.94. The van der Waals surface area contributed by atoms with Gasteiger partial charge in [-0.3, -0.25) is 5.32 Å². The van der Waals surface area contributed by atoms with Crippen molar-refractivity contribution < 1.29 is 17.9 Å². The molecule has 0 aliphatic rings. The van der Waals surface area contributed by atoms with Crippen LogP contribution >= 0.6 is 12.2 Å². The summed E-state index contributed by atoms with van der Waals surface area (Å²) in [5.74, 6) is 0.